The molecule has 1 heterocycles. The number of nitrogens with zero attached hydrogens (tertiary/aromatic N) is 1. The molecule has 0 bridgehead atoms. The Kier molecular flexibility index (Phi) is 5.39. The zero-order valence-corrected chi connectivity index (χ0v) is 12.3. The second kappa shape index (κ2) is 6.40. The van der Waals surface area contributed by atoms with Gasteiger partial charge in [0.1, 0.15) is 0 Å². The van der Waals surface area contributed by atoms with Gasteiger partial charge in [0.05, 0.1) is 24.1 Å². The van der Waals surface area contributed by atoms with E-state index in [0.717, 1.165) is 6.42 Å². The van der Waals surface area contributed by atoms with E-state index in [4.69, 9.17) is 12.2 Å². The third-order valence-electron chi connectivity index (χ3n) is 3.74. The zero-order valence-electron chi connectivity index (χ0n) is 11.5. The van der Waals surface area contributed by atoms with Gasteiger partial charge in [0.25, 0.3) is 0 Å². The van der Waals surface area contributed by atoms with Gasteiger partial charge < -0.3 is 10.6 Å². The molecule has 2 N–H and O–H groups in total. The molecule has 0 aliphatic carbocycles. The fraction of sp³-hybridized carbons (Fsp3) is 0.769. The fourth-order valence-electron chi connectivity index (χ4n) is 2.20. The minimum atomic E-state index is -3.05. The van der Waals surface area contributed by atoms with Crippen LogP contribution in [0.5, 0.6) is 0 Å². The van der Waals surface area contributed by atoms with Crippen LogP contribution in [-0.2, 0) is 14.6 Å². The summed E-state index contributed by atoms with van der Waals surface area (Å²) in [6, 6.07) is -0.953. The quantitative estimate of drug-likeness (QED) is 0.722. The van der Waals surface area contributed by atoms with Crippen molar-refractivity contribution in [3.05, 3.63) is 0 Å². The Labute approximate surface area is 115 Å². The molecule has 108 valence electrons. The lowest BCUT2D eigenvalue weighted by atomic mass is 9.98. The van der Waals surface area contributed by atoms with Crippen LogP contribution < -0.4 is 5.73 Å². The maximum Gasteiger partial charge on any atom is 0.240 e. The highest BCUT2D eigenvalue weighted by Gasteiger charge is 2.36. The molecule has 6 heteroatoms. The molecule has 0 aromatic heterocycles. The molecule has 0 radical (unpaired) electrons. The van der Waals surface area contributed by atoms with Crippen LogP contribution in [0.15, 0.2) is 0 Å². The number of nitrogens with two attached hydrogens (primary N) is 1. The van der Waals surface area contributed by atoms with Gasteiger partial charge in [-0.05, 0) is 12.3 Å². The van der Waals surface area contributed by atoms with Crippen LogP contribution in [0, 0.1) is 18.3 Å². The highest BCUT2D eigenvalue weighted by molar-refractivity contribution is 7.91. The molecular weight excluding hydrogens is 264 g/mol. The van der Waals surface area contributed by atoms with Crippen molar-refractivity contribution >= 4 is 15.7 Å². The van der Waals surface area contributed by atoms with Gasteiger partial charge in [-0.1, -0.05) is 26.2 Å². The largest absolute Gasteiger partial charge is 0.326 e. The van der Waals surface area contributed by atoms with Crippen LogP contribution in [0.4, 0.5) is 0 Å². The first-order valence-corrected chi connectivity index (χ1v) is 8.34. The molecule has 0 spiro atoms. The Balaban J connectivity index is 2.84. The van der Waals surface area contributed by atoms with Gasteiger partial charge in [-0.15, -0.1) is 6.42 Å². The Morgan fingerprint density at radius 3 is 2.63 bits per heavy atom. The van der Waals surface area contributed by atoms with Crippen molar-refractivity contribution in [3.8, 4) is 12.3 Å². The van der Waals surface area contributed by atoms with Gasteiger partial charge in [-0.2, -0.15) is 0 Å². The molecule has 5 nitrogen and oxygen atoms in total. The lowest BCUT2D eigenvalue weighted by molar-refractivity contribution is -0.134. The van der Waals surface area contributed by atoms with Gasteiger partial charge in [-0.25, -0.2) is 8.42 Å². The lowest BCUT2D eigenvalue weighted by Gasteiger charge is -2.30. The number of hydrogen-bond acceptors (Lipinski definition) is 4. The number of rotatable bonds is 5. The molecule has 1 aliphatic heterocycles. The molecular formula is C13H22N2O3S. The maximum absolute atomic E-state index is 12.3. The molecule has 0 saturated carbocycles. The van der Waals surface area contributed by atoms with E-state index in [9.17, 15) is 13.2 Å². The Bertz CT molecular complexity index is 467. The van der Waals surface area contributed by atoms with E-state index in [2.05, 4.69) is 5.92 Å². The highest BCUT2D eigenvalue weighted by Crippen LogP contribution is 2.19. The van der Waals surface area contributed by atoms with Crippen LogP contribution in [0.25, 0.3) is 0 Å². The van der Waals surface area contributed by atoms with E-state index >= 15 is 0 Å². The van der Waals surface area contributed by atoms with Gasteiger partial charge in [0, 0.05) is 6.04 Å². The van der Waals surface area contributed by atoms with E-state index in [-0.39, 0.29) is 35.9 Å². The summed E-state index contributed by atoms with van der Waals surface area (Å²) >= 11 is 0. The van der Waals surface area contributed by atoms with Crippen molar-refractivity contribution in [2.75, 3.05) is 18.1 Å². The highest BCUT2D eigenvalue weighted by atomic mass is 32.2. The van der Waals surface area contributed by atoms with Crippen molar-refractivity contribution in [3.63, 3.8) is 0 Å². The first-order valence-electron chi connectivity index (χ1n) is 6.52. The molecule has 1 rings (SSSR count). The summed E-state index contributed by atoms with van der Waals surface area (Å²) in [5.74, 6) is 2.33. The maximum atomic E-state index is 12.3. The average molecular weight is 286 g/mol. The van der Waals surface area contributed by atoms with E-state index < -0.39 is 15.9 Å². The number of sulfone groups is 1. The average Bonchev–Trinajstić information content (AvgIpc) is 2.73. The number of amides is 1. The Morgan fingerprint density at radius 2 is 2.21 bits per heavy atom. The van der Waals surface area contributed by atoms with Crippen molar-refractivity contribution in [1.82, 2.24) is 4.90 Å². The Morgan fingerprint density at radius 1 is 1.58 bits per heavy atom. The van der Waals surface area contributed by atoms with E-state index in [0.29, 0.717) is 6.42 Å². The standard InChI is InChI=1S/C13H22N2O3S/c1-4-7-15(11-6-8-19(17,18)9-11)13(16)12(14)10(3)5-2/h1,10-12H,5-9,14H2,2-3H3/t10-,11?,12-/m0/s1. The molecule has 0 aromatic carbocycles. The summed E-state index contributed by atoms with van der Waals surface area (Å²) in [6.45, 7) is 3.98. The lowest BCUT2D eigenvalue weighted by Crippen LogP contribution is -2.51. The zero-order chi connectivity index (χ0) is 14.6. The van der Waals surface area contributed by atoms with Crippen LogP contribution in [0.1, 0.15) is 26.7 Å². The molecule has 1 unspecified atom stereocenters. The molecule has 19 heavy (non-hydrogen) atoms. The number of terminal acetylenes is 1. The van der Waals surface area contributed by atoms with Gasteiger partial charge in [-0.3, -0.25) is 4.79 Å². The molecule has 1 fully saturated rings. The third kappa shape index (κ3) is 3.95. The first-order chi connectivity index (χ1) is 8.82. The molecule has 0 aromatic rings. The van der Waals surface area contributed by atoms with Crippen LogP contribution in [0.2, 0.25) is 0 Å². The Hall–Kier alpha value is -1.06. The van der Waals surface area contributed by atoms with E-state index in [1.165, 1.54) is 4.90 Å². The third-order valence-corrected chi connectivity index (χ3v) is 5.49. The number of carbonyl (C=O) groups excluding carboxylic acids is 1. The van der Waals surface area contributed by atoms with Crippen LogP contribution in [-0.4, -0.2) is 49.4 Å². The van der Waals surface area contributed by atoms with Crippen molar-refractivity contribution in [1.29, 1.82) is 0 Å². The molecule has 1 saturated heterocycles. The summed E-state index contributed by atoms with van der Waals surface area (Å²) < 4.78 is 23.0. The van der Waals surface area contributed by atoms with Crippen molar-refractivity contribution < 1.29 is 13.2 Å². The molecule has 1 aliphatic rings. The van der Waals surface area contributed by atoms with Gasteiger partial charge >= 0.3 is 0 Å². The fourth-order valence-corrected chi connectivity index (χ4v) is 3.93. The predicted octanol–water partition coefficient (Wildman–Crippen LogP) is 0.00870. The second-order valence-corrected chi connectivity index (χ2v) is 7.37. The van der Waals surface area contributed by atoms with Gasteiger partial charge in [0.15, 0.2) is 9.84 Å². The van der Waals surface area contributed by atoms with Gasteiger partial charge in [0.2, 0.25) is 5.91 Å². The smallest absolute Gasteiger partial charge is 0.240 e. The first kappa shape index (κ1) is 16.0. The summed E-state index contributed by atoms with van der Waals surface area (Å²) in [5, 5.41) is 0. The summed E-state index contributed by atoms with van der Waals surface area (Å²) in [5.41, 5.74) is 5.93. The molecule has 3 atom stereocenters. The summed E-state index contributed by atoms with van der Waals surface area (Å²) in [4.78, 5) is 13.8. The van der Waals surface area contributed by atoms with Crippen LogP contribution in [0.3, 0.4) is 0 Å². The molecule has 1 amide bonds. The second-order valence-electron chi connectivity index (χ2n) is 5.14. The predicted molar refractivity (Wildman–Crippen MR) is 75.0 cm³/mol. The summed E-state index contributed by atoms with van der Waals surface area (Å²) in [6.07, 6.45) is 6.52. The normalized spacial score (nSPS) is 24.4. The minimum Gasteiger partial charge on any atom is -0.326 e. The topological polar surface area (TPSA) is 80.5 Å². The monoisotopic (exact) mass is 286 g/mol. The number of hydrogen-bond donors (Lipinski definition) is 1. The van der Waals surface area contributed by atoms with Crippen molar-refractivity contribution in [2.45, 2.75) is 38.8 Å². The SMILES string of the molecule is C#CCN(C(=O)[C@@H](N)[C@@H](C)CC)C1CCS(=O)(=O)C1. The summed E-state index contributed by atoms with van der Waals surface area (Å²) in [7, 11) is -3.05. The minimum absolute atomic E-state index is 0.00630. The van der Waals surface area contributed by atoms with E-state index in [1.807, 2.05) is 13.8 Å². The number of carbonyl (C=O) groups is 1. The van der Waals surface area contributed by atoms with Crippen LogP contribution >= 0.6 is 0 Å². The van der Waals surface area contributed by atoms with E-state index in [1.54, 1.807) is 0 Å². The van der Waals surface area contributed by atoms with Crippen molar-refractivity contribution in [2.24, 2.45) is 11.7 Å².